The Labute approximate surface area is 289 Å². The molecule has 6 aromatic carbocycles. The third kappa shape index (κ3) is 5.27. The molecule has 0 N–H and O–H groups in total. The zero-order chi connectivity index (χ0) is 32.6. The lowest BCUT2D eigenvalue weighted by Gasteiger charge is -2.37. The van der Waals surface area contributed by atoms with Gasteiger partial charge in [-0.3, -0.25) is 0 Å². The van der Waals surface area contributed by atoms with Gasteiger partial charge in [0.15, 0.2) is 17.5 Å². The summed E-state index contributed by atoms with van der Waals surface area (Å²) < 4.78 is 2.60. The van der Waals surface area contributed by atoms with Crippen LogP contribution in [0.15, 0.2) is 176 Å². The number of thiophene rings is 1. The molecular weight excluding hydrogens is 615 g/mol. The number of benzene rings is 6. The van der Waals surface area contributed by atoms with Crippen LogP contribution in [0.1, 0.15) is 28.9 Å². The molecule has 232 valence electrons. The number of hydrogen-bond donors (Lipinski definition) is 0. The van der Waals surface area contributed by atoms with Crippen molar-refractivity contribution in [2.45, 2.75) is 11.8 Å². The first-order valence-corrected chi connectivity index (χ1v) is 17.4. The molecule has 2 heterocycles. The molecule has 0 radical (unpaired) electrons. The summed E-state index contributed by atoms with van der Waals surface area (Å²) in [5.41, 5.74) is 7.32. The summed E-state index contributed by atoms with van der Waals surface area (Å²) in [6.45, 7) is 0. The topological polar surface area (TPSA) is 38.7 Å². The van der Waals surface area contributed by atoms with Crippen molar-refractivity contribution < 1.29 is 0 Å². The van der Waals surface area contributed by atoms with Gasteiger partial charge in [-0.25, -0.2) is 15.0 Å². The summed E-state index contributed by atoms with van der Waals surface area (Å²) in [4.78, 5) is 15.4. The maximum atomic E-state index is 5.22. The predicted octanol–water partition coefficient (Wildman–Crippen LogP) is 11.4. The van der Waals surface area contributed by atoms with Crippen LogP contribution in [0.25, 0.3) is 54.1 Å². The second kappa shape index (κ2) is 12.2. The van der Waals surface area contributed by atoms with Gasteiger partial charge < -0.3 is 0 Å². The highest BCUT2D eigenvalue weighted by molar-refractivity contribution is 7.26. The van der Waals surface area contributed by atoms with E-state index in [1.54, 1.807) is 0 Å². The van der Waals surface area contributed by atoms with Gasteiger partial charge in [0.2, 0.25) is 0 Å². The summed E-state index contributed by atoms with van der Waals surface area (Å²) >= 11 is 1.88. The molecule has 1 unspecified atom stereocenters. The lowest BCUT2D eigenvalue weighted by molar-refractivity contribution is 0.663. The first-order chi connectivity index (χ1) is 24.2. The number of allylic oxidation sites excluding steroid dienone is 4. The lowest BCUT2D eigenvalue weighted by atomic mass is 9.66. The summed E-state index contributed by atoms with van der Waals surface area (Å²) in [6, 6.07) is 57.6. The maximum Gasteiger partial charge on any atom is 0.164 e. The molecule has 9 rings (SSSR count). The molecule has 0 spiro atoms. The molecule has 0 fully saturated rings. The van der Waals surface area contributed by atoms with E-state index < -0.39 is 5.41 Å². The van der Waals surface area contributed by atoms with Gasteiger partial charge in [-0.2, -0.15) is 0 Å². The van der Waals surface area contributed by atoms with Crippen LogP contribution in [0.4, 0.5) is 0 Å². The third-order valence-electron chi connectivity index (χ3n) is 9.47. The van der Waals surface area contributed by atoms with Gasteiger partial charge >= 0.3 is 0 Å². The second-order valence-corrected chi connectivity index (χ2v) is 13.5. The van der Waals surface area contributed by atoms with Crippen LogP contribution in [0.5, 0.6) is 0 Å². The van der Waals surface area contributed by atoms with Crippen molar-refractivity contribution in [2.75, 3.05) is 0 Å². The van der Waals surface area contributed by atoms with Gasteiger partial charge in [0.25, 0.3) is 0 Å². The van der Waals surface area contributed by atoms with E-state index in [-0.39, 0.29) is 0 Å². The van der Waals surface area contributed by atoms with Crippen molar-refractivity contribution in [1.82, 2.24) is 15.0 Å². The van der Waals surface area contributed by atoms with E-state index >= 15 is 0 Å². The number of fused-ring (bicyclic) bond motifs is 3. The molecule has 0 bridgehead atoms. The summed E-state index contributed by atoms with van der Waals surface area (Å²) in [5.74, 6) is 2.02. The molecule has 2 aromatic heterocycles. The Morgan fingerprint density at radius 3 is 1.65 bits per heavy atom. The van der Waals surface area contributed by atoms with Gasteiger partial charge in [0, 0.05) is 36.7 Å². The van der Waals surface area contributed by atoms with E-state index in [0.717, 1.165) is 27.8 Å². The standard InChI is InChI=1S/C45H31N3S/c1-5-16-31(17-6-1)34-28-35(44-47-42(32-18-7-2-8-19-32)46-43(48-44)33-20-9-3-10-21-33)30-45(29-34,36-22-11-4-12-23-36)39-26-15-25-38-37-24-13-14-27-40(37)49-41(38)39/h1-29H,30H2. The van der Waals surface area contributed by atoms with E-state index in [2.05, 4.69) is 140 Å². The normalized spacial score (nSPS) is 16.0. The van der Waals surface area contributed by atoms with E-state index in [4.69, 9.17) is 15.0 Å². The molecule has 3 nitrogen and oxygen atoms in total. The van der Waals surface area contributed by atoms with Crippen molar-refractivity contribution in [3.63, 3.8) is 0 Å². The van der Waals surface area contributed by atoms with Crippen molar-refractivity contribution in [3.05, 3.63) is 198 Å². The molecule has 0 saturated heterocycles. The van der Waals surface area contributed by atoms with E-state index in [1.807, 2.05) is 47.7 Å². The van der Waals surface area contributed by atoms with Crippen LogP contribution >= 0.6 is 11.3 Å². The minimum Gasteiger partial charge on any atom is -0.209 e. The highest BCUT2D eigenvalue weighted by atomic mass is 32.1. The number of aromatic nitrogens is 3. The Hall–Kier alpha value is -5.97. The van der Waals surface area contributed by atoms with Crippen LogP contribution in [-0.4, -0.2) is 15.0 Å². The largest absolute Gasteiger partial charge is 0.209 e. The maximum absolute atomic E-state index is 5.22. The van der Waals surface area contributed by atoms with Gasteiger partial charge in [0.05, 0.1) is 0 Å². The molecule has 1 aliphatic rings. The third-order valence-corrected chi connectivity index (χ3v) is 10.7. The zero-order valence-electron chi connectivity index (χ0n) is 26.7. The monoisotopic (exact) mass is 645 g/mol. The second-order valence-electron chi connectivity index (χ2n) is 12.5. The Kier molecular flexibility index (Phi) is 7.29. The van der Waals surface area contributed by atoms with E-state index in [0.29, 0.717) is 23.9 Å². The van der Waals surface area contributed by atoms with E-state index in [1.165, 1.54) is 31.3 Å². The first-order valence-electron chi connectivity index (χ1n) is 16.6. The predicted molar refractivity (Wildman–Crippen MR) is 204 cm³/mol. The molecule has 0 aliphatic heterocycles. The summed E-state index contributed by atoms with van der Waals surface area (Å²) in [5, 5.41) is 2.58. The first kappa shape index (κ1) is 29.2. The Morgan fingerprint density at radius 2 is 1.00 bits per heavy atom. The van der Waals surface area contributed by atoms with Gasteiger partial charge in [0.1, 0.15) is 0 Å². The quantitative estimate of drug-likeness (QED) is 0.181. The zero-order valence-corrected chi connectivity index (χ0v) is 27.5. The van der Waals surface area contributed by atoms with Crippen molar-refractivity contribution in [2.24, 2.45) is 0 Å². The van der Waals surface area contributed by atoms with Crippen molar-refractivity contribution in [3.8, 4) is 22.8 Å². The minimum atomic E-state index is -0.497. The molecular formula is C45H31N3S. The van der Waals surface area contributed by atoms with Crippen LogP contribution < -0.4 is 0 Å². The number of rotatable bonds is 6. The van der Waals surface area contributed by atoms with Crippen LogP contribution in [0, 0.1) is 0 Å². The van der Waals surface area contributed by atoms with Crippen LogP contribution in [0.3, 0.4) is 0 Å². The van der Waals surface area contributed by atoms with Crippen molar-refractivity contribution >= 4 is 42.7 Å². The Morgan fingerprint density at radius 1 is 0.469 bits per heavy atom. The molecule has 1 atom stereocenters. The minimum absolute atomic E-state index is 0.497. The summed E-state index contributed by atoms with van der Waals surface area (Å²) in [6.07, 6.45) is 5.46. The number of hydrogen-bond acceptors (Lipinski definition) is 4. The average molecular weight is 646 g/mol. The number of nitrogens with zero attached hydrogens (tertiary/aromatic N) is 3. The highest BCUT2D eigenvalue weighted by Gasteiger charge is 2.39. The molecule has 4 heteroatoms. The van der Waals surface area contributed by atoms with Gasteiger partial charge in [-0.1, -0.05) is 164 Å². The fraction of sp³-hybridized carbons (Fsp3) is 0.0444. The van der Waals surface area contributed by atoms with E-state index in [9.17, 15) is 0 Å². The van der Waals surface area contributed by atoms with Crippen molar-refractivity contribution in [1.29, 1.82) is 0 Å². The smallest absolute Gasteiger partial charge is 0.164 e. The highest BCUT2D eigenvalue weighted by Crippen LogP contribution is 2.51. The Bertz CT molecular complexity index is 2440. The molecule has 0 amide bonds. The lowest BCUT2D eigenvalue weighted by Crippen LogP contribution is -2.29. The van der Waals surface area contributed by atoms with Crippen LogP contribution in [-0.2, 0) is 5.41 Å². The molecule has 1 aliphatic carbocycles. The fourth-order valence-corrected chi connectivity index (χ4v) is 8.44. The van der Waals surface area contributed by atoms with Crippen LogP contribution in [0.2, 0.25) is 0 Å². The molecule has 8 aromatic rings. The molecule has 0 saturated carbocycles. The SMILES string of the molecule is C1=C(c2ccccc2)C=C(c2nc(-c3ccccc3)nc(-c3ccccc3)n2)CC1(c1ccccc1)c1cccc2c1sc1ccccc12. The fourth-order valence-electron chi connectivity index (χ4n) is 7.14. The van der Waals surface area contributed by atoms with Gasteiger partial charge in [-0.05, 0) is 46.4 Å². The molecule has 49 heavy (non-hydrogen) atoms. The summed E-state index contributed by atoms with van der Waals surface area (Å²) in [7, 11) is 0. The Balaban J connectivity index is 1.33. The average Bonchev–Trinajstić information content (AvgIpc) is 3.58. The van der Waals surface area contributed by atoms with Gasteiger partial charge in [-0.15, -0.1) is 11.3 Å².